The van der Waals surface area contributed by atoms with E-state index in [1.54, 1.807) is 0 Å². The lowest BCUT2D eigenvalue weighted by Gasteiger charge is -2.28. The molecule has 0 bridgehead atoms. The summed E-state index contributed by atoms with van der Waals surface area (Å²) in [5.74, 6) is 1.73. The predicted octanol–water partition coefficient (Wildman–Crippen LogP) is 8.45. The summed E-state index contributed by atoms with van der Waals surface area (Å²) < 4.78 is 0. The Hall–Kier alpha value is -2.02. The second kappa shape index (κ2) is 10.5. The predicted molar refractivity (Wildman–Crippen MR) is 125 cm³/mol. The van der Waals surface area contributed by atoms with Crippen molar-refractivity contribution in [1.29, 1.82) is 0 Å². The third-order valence-corrected chi connectivity index (χ3v) is 6.19. The van der Waals surface area contributed by atoms with Gasteiger partial charge in [0.25, 0.3) is 0 Å². The fourth-order valence-electron chi connectivity index (χ4n) is 4.33. The van der Waals surface area contributed by atoms with E-state index in [1.807, 2.05) is 12.1 Å². The number of benzene rings is 2. The average molecular weight is 390 g/mol. The molecule has 2 aromatic rings. The number of isothiocyanates is 1. The van der Waals surface area contributed by atoms with Gasteiger partial charge in [0.2, 0.25) is 0 Å². The molecule has 1 nitrogen and oxygen atoms in total. The SMILES string of the molecule is CCCCC1CCC(c2ccc(/C=C(\C)c3ccc(N=C=S)cc3)cc2)CC1. The average Bonchev–Trinajstić information content (AvgIpc) is 2.74. The van der Waals surface area contributed by atoms with Crippen LogP contribution in [0.5, 0.6) is 0 Å². The zero-order chi connectivity index (χ0) is 19.8. The van der Waals surface area contributed by atoms with Crippen LogP contribution in [0, 0.1) is 5.92 Å². The van der Waals surface area contributed by atoms with Crippen molar-refractivity contribution < 1.29 is 0 Å². The van der Waals surface area contributed by atoms with E-state index in [9.17, 15) is 0 Å². The van der Waals surface area contributed by atoms with Gasteiger partial charge in [0, 0.05) is 0 Å². The monoisotopic (exact) mass is 389 g/mol. The summed E-state index contributed by atoms with van der Waals surface area (Å²) in [6.45, 7) is 4.46. The Labute approximate surface area is 175 Å². The van der Waals surface area contributed by atoms with Crippen molar-refractivity contribution in [3.05, 3.63) is 65.2 Å². The smallest absolute Gasteiger partial charge is 0.0739 e. The van der Waals surface area contributed by atoms with Crippen LogP contribution < -0.4 is 0 Å². The molecule has 0 aliphatic heterocycles. The standard InChI is InChI=1S/C26H31NS/c1-3-4-5-21-6-10-24(11-7-21)25-12-8-22(9-13-25)18-20(2)23-14-16-26(17-15-23)27-19-28/h8-9,12-18,21,24H,3-7,10-11H2,1-2H3/b20-18+. The molecular weight excluding hydrogens is 358 g/mol. The Kier molecular flexibility index (Phi) is 7.77. The fraction of sp³-hybridized carbons (Fsp3) is 0.423. The topological polar surface area (TPSA) is 12.4 Å². The summed E-state index contributed by atoms with van der Waals surface area (Å²) in [5.41, 5.74) is 6.09. The van der Waals surface area contributed by atoms with E-state index in [0.717, 1.165) is 17.5 Å². The second-order valence-electron chi connectivity index (χ2n) is 8.10. The van der Waals surface area contributed by atoms with E-state index in [0.29, 0.717) is 0 Å². The number of allylic oxidation sites excluding steroid dienone is 1. The first-order valence-corrected chi connectivity index (χ1v) is 11.1. The quantitative estimate of drug-likeness (QED) is 0.263. The maximum Gasteiger partial charge on any atom is 0.0739 e. The molecule has 0 radical (unpaired) electrons. The van der Waals surface area contributed by atoms with Crippen molar-refractivity contribution >= 4 is 34.7 Å². The van der Waals surface area contributed by atoms with Crippen molar-refractivity contribution in [2.45, 2.75) is 64.7 Å². The number of aliphatic imine (C=N–C) groups is 1. The number of unbranched alkanes of at least 4 members (excludes halogenated alkanes) is 1. The van der Waals surface area contributed by atoms with Crippen LogP contribution in [0.1, 0.15) is 81.4 Å². The lowest BCUT2D eigenvalue weighted by Crippen LogP contribution is -2.13. The molecule has 3 rings (SSSR count). The van der Waals surface area contributed by atoms with Gasteiger partial charge in [-0.1, -0.05) is 68.7 Å². The number of thiocarbonyl (C=S) groups is 1. The van der Waals surface area contributed by atoms with Gasteiger partial charge < -0.3 is 0 Å². The minimum Gasteiger partial charge on any atom is -0.195 e. The van der Waals surface area contributed by atoms with Crippen LogP contribution in [0.4, 0.5) is 5.69 Å². The van der Waals surface area contributed by atoms with E-state index in [2.05, 4.69) is 78.7 Å². The molecule has 1 saturated carbocycles. The van der Waals surface area contributed by atoms with Crippen molar-refractivity contribution in [1.82, 2.24) is 0 Å². The maximum absolute atomic E-state index is 4.66. The highest BCUT2D eigenvalue weighted by Crippen LogP contribution is 2.37. The minimum atomic E-state index is 0.756. The summed E-state index contributed by atoms with van der Waals surface area (Å²) in [6, 6.07) is 17.4. The van der Waals surface area contributed by atoms with Crippen LogP contribution in [-0.2, 0) is 0 Å². The molecule has 146 valence electrons. The van der Waals surface area contributed by atoms with Gasteiger partial charge in [-0.25, -0.2) is 0 Å². The largest absolute Gasteiger partial charge is 0.195 e. The highest BCUT2D eigenvalue weighted by Gasteiger charge is 2.21. The first kappa shape index (κ1) is 20.7. The normalized spacial score (nSPS) is 19.9. The number of rotatable bonds is 7. The van der Waals surface area contributed by atoms with Gasteiger partial charge >= 0.3 is 0 Å². The molecule has 28 heavy (non-hydrogen) atoms. The van der Waals surface area contributed by atoms with Crippen molar-refractivity contribution in [2.24, 2.45) is 10.9 Å². The van der Waals surface area contributed by atoms with Crippen LogP contribution in [0.25, 0.3) is 11.6 Å². The number of hydrogen-bond donors (Lipinski definition) is 0. The third kappa shape index (κ3) is 5.74. The van der Waals surface area contributed by atoms with Crippen LogP contribution in [-0.4, -0.2) is 5.16 Å². The second-order valence-corrected chi connectivity index (χ2v) is 8.29. The van der Waals surface area contributed by atoms with Gasteiger partial charge in [0.05, 0.1) is 10.8 Å². The molecule has 0 atom stereocenters. The molecular formula is C26H31NS. The summed E-state index contributed by atoms with van der Waals surface area (Å²) in [4.78, 5) is 4.01. The zero-order valence-corrected chi connectivity index (χ0v) is 18.0. The molecule has 0 aromatic heterocycles. The van der Waals surface area contributed by atoms with E-state index in [1.165, 1.54) is 67.2 Å². The Morgan fingerprint density at radius 2 is 1.71 bits per heavy atom. The minimum absolute atomic E-state index is 0.756. The van der Waals surface area contributed by atoms with E-state index < -0.39 is 0 Å². The molecule has 0 unspecified atom stereocenters. The lowest BCUT2D eigenvalue weighted by molar-refractivity contribution is 0.304. The van der Waals surface area contributed by atoms with Gasteiger partial charge in [-0.05, 0) is 91.1 Å². The van der Waals surface area contributed by atoms with Gasteiger partial charge in [-0.15, -0.1) is 0 Å². The fourth-order valence-corrected chi connectivity index (χ4v) is 4.43. The molecule has 1 aliphatic carbocycles. The van der Waals surface area contributed by atoms with Crippen LogP contribution in [0.2, 0.25) is 0 Å². The molecule has 0 heterocycles. The Balaban J connectivity index is 1.61. The molecule has 1 aliphatic rings. The van der Waals surface area contributed by atoms with Gasteiger partial charge in [0.15, 0.2) is 0 Å². The number of nitrogens with zero attached hydrogens (tertiary/aromatic N) is 1. The van der Waals surface area contributed by atoms with Gasteiger partial charge in [-0.2, -0.15) is 4.99 Å². The van der Waals surface area contributed by atoms with Crippen molar-refractivity contribution in [2.75, 3.05) is 0 Å². The summed E-state index contributed by atoms with van der Waals surface area (Å²) >= 11 is 4.66. The zero-order valence-electron chi connectivity index (χ0n) is 17.2. The van der Waals surface area contributed by atoms with Crippen LogP contribution in [0.15, 0.2) is 53.5 Å². The number of hydrogen-bond acceptors (Lipinski definition) is 2. The first-order chi connectivity index (χ1) is 13.7. The molecule has 2 aromatic carbocycles. The molecule has 0 spiro atoms. The first-order valence-electron chi connectivity index (χ1n) is 10.7. The van der Waals surface area contributed by atoms with Crippen molar-refractivity contribution in [3.8, 4) is 0 Å². The van der Waals surface area contributed by atoms with E-state index in [4.69, 9.17) is 0 Å². The Morgan fingerprint density at radius 3 is 2.32 bits per heavy atom. The molecule has 1 fully saturated rings. The van der Waals surface area contributed by atoms with E-state index in [-0.39, 0.29) is 0 Å². The Bertz CT molecular complexity index is 818. The molecule has 0 saturated heterocycles. The van der Waals surface area contributed by atoms with Gasteiger partial charge in [0.1, 0.15) is 0 Å². The van der Waals surface area contributed by atoms with Crippen molar-refractivity contribution in [3.63, 3.8) is 0 Å². The lowest BCUT2D eigenvalue weighted by atomic mass is 9.77. The van der Waals surface area contributed by atoms with Crippen LogP contribution >= 0.6 is 12.2 Å². The molecule has 2 heteroatoms. The van der Waals surface area contributed by atoms with Crippen LogP contribution in [0.3, 0.4) is 0 Å². The highest BCUT2D eigenvalue weighted by molar-refractivity contribution is 7.78. The summed E-state index contributed by atoms with van der Waals surface area (Å²) in [7, 11) is 0. The summed E-state index contributed by atoms with van der Waals surface area (Å²) in [5, 5.41) is 2.41. The maximum atomic E-state index is 4.66. The summed E-state index contributed by atoms with van der Waals surface area (Å²) in [6.07, 6.45) is 12.0. The van der Waals surface area contributed by atoms with Gasteiger partial charge in [-0.3, -0.25) is 0 Å². The molecule has 0 amide bonds. The van der Waals surface area contributed by atoms with E-state index >= 15 is 0 Å². The highest BCUT2D eigenvalue weighted by atomic mass is 32.1. The Morgan fingerprint density at radius 1 is 1.04 bits per heavy atom. The molecule has 0 N–H and O–H groups in total. The third-order valence-electron chi connectivity index (χ3n) is 6.10.